The Bertz CT molecular complexity index is 912. The molecule has 0 spiro atoms. The number of rotatable bonds is 7. The van der Waals surface area contributed by atoms with E-state index in [9.17, 15) is 0 Å². The van der Waals surface area contributed by atoms with Crippen LogP contribution in [0.25, 0.3) is 22.3 Å². The van der Waals surface area contributed by atoms with Crippen molar-refractivity contribution in [3.05, 3.63) is 83.9 Å². The van der Waals surface area contributed by atoms with Crippen LogP contribution in [0.1, 0.15) is 75.8 Å². The van der Waals surface area contributed by atoms with Crippen molar-refractivity contribution in [2.24, 2.45) is 5.92 Å². The van der Waals surface area contributed by atoms with Gasteiger partial charge >= 0.3 is 0 Å². The van der Waals surface area contributed by atoms with Crippen molar-refractivity contribution in [1.29, 1.82) is 0 Å². The van der Waals surface area contributed by atoms with Gasteiger partial charge in [-0.25, -0.2) is 0 Å². The Balaban J connectivity index is 1.60. The molecule has 1 aliphatic rings. The third kappa shape index (κ3) is 4.86. The van der Waals surface area contributed by atoms with Gasteiger partial charge < -0.3 is 0 Å². The van der Waals surface area contributed by atoms with Gasteiger partial charge in [0.05, 0.1) is 0 Å². The van der Waals surface area contributed by atoms with Gasteiger partial charge in [-0.1, -0.05) is 106 Å². The van der Waals surface area contributed by atoms with E-state index in [0.29, 0.717) is 0 Å². The minimum Gasteiger partial charge on any atom is -0.0654 e. The van der Waals surface area contributed by atoms with Gasteiger partial charge in [0.15, 0.2) is 0 Å². The van der Waals surface area contributed by atoms with Crippen LogP contribution < -0.4 is 0 Å². The summed E-state index contributed by atoms with van der Waals surface area (Å²) in [5.74, 6) is 1.73. The summed E-state index contributed by atoms with van der Waals surface area (Å²) in [5, 5.41) is 0. The van der Waals surface area contributed by atoms with Crippen molar-refractivity contribution in [3.63, 3.8) is 0 Å². The first kappa shape index (κ1) is 20.9. The molecule has 0 bridgehead atoms. The monoisotopic (exact) mass is 396 g/mol. The molecule has 0 aliphatic heterocycles. The first-order chi connectivity index (χ1) is 14.8. The Labute approximate surface area is 183 Å². The predicted octanol–water partition coefficient (Wildman–Crippen LogP) is 9.05. The average molecular weight is 397 g/mol. The molecule has 1 saturated carbocycles. The number of aryl methyl sites for hydroxylation is 1. The Hall–Kier alpha value is -2.34. The van der Waals surface area contributed by atoms with Gasteiger partial charge in [-0.05, 0) is 77.3 Å². The van der Waals surface area contributed by atoms with Crippen molar-refractivity contribution in [1.82, 2.24) is 0 Å². The van der Waals surface area contributed by atoms with Crippen LogP contribution in [0.15, 0.2) is 72.8 Å². The molecule has 3 aromatic rings. The van der Waals surface area contributed by atoms with Crippen LogP contribution in [0, 0.1) is 5.92 Å². The molecule has 3 aromatic carbocycles. The van der Waals surface area contributed by atoms with E-state index in [2.05, 4.69) is 86.6 Å². The zero-order chi connectivity index (χ0) is 20.8. The first-order valence-corrected chi connectivity index (χ1v) is 12.1. The van der Waals surface area contributed by atoms with Crippen molar-refractivity contribution >= 4 is 0 Å². The third-order valence-electron chi connectivity index (χ3n) is 6.94. The van der Waals surface area contributed by atoms with E-state index in [1.54, 1.807) is 5.56 Å². The van der Waals surface area contributed by atoms with E-state index < -0.39 is 0 Å². The molecule has 0 heteroatoms. The molecule has 0 nitrogen and oxygen atoms in total. The molecule has 1 fully saturated rings. The average Bonchev–Trinajstić information content (AvgIpc) is 2.81. The highest BCUT2D eigenvalue weighted by Gasteiger charge is 2.21. The molecule has 0 radical (unpaired) electrons. The standard InChI is InChI=1S/C30H36/c1-3-8-23-12-15-25(16-13-23)26-17-19-28(20-18-26)30-22-24(9-4-2)14-21-29(30)27-10-6-5-7-11-27/h5-7,10-11,14,17-23,25H,3-4,8-9,12-13,15-16H2,1-2H3. The van der Waals surface area contributed by atoms with E-state index >= 15 is 0 Å². The zero-order valence-corrected chi connectivity index (χ0v) is 18.7. The first-order valence-electron chi connectivity index (χ1n) is 12.1. The molecule has 0 N–H and O–H groups in total. The topological polar surface area (TPSA) is 0 Å². The molecular weight excluding hydrogens is 360 g/mol. The molecule has 0 unspecified atom stereocenters. The lowest BCUT2D eigenvalue weighted by atomic mass is 9.77. The SMILES string of the molecule is CCCc1ccc(-c2ccccc2)c(-c2ccc(C3CCC(CCC)CC3)cc2)c1. The summed E-state index contributed by atoms with van der Waals surface area (Å²) in [4.78, 5) is 0. The smallest absolute Gasteiger partial charge is 0.0103 e. The predicted molar refractivity (Wildman–Crippen MR) is 131 cm³/mol. The molecule has 1 aliphatic carbocycles. The summed E-state index contributed by atoms with van der Waals surface area (Å²) in [7, 11) is 0. The highest BCUT2D eigenvalue weighted by molar-refractivity contribution is 5.84. The second kappa shape index (κ2) is 10.1. The highest BCUT2D eigenvalue weighted by atomic mass is 14.3. The largest absolute Gasteiger partial charge is 0.0654 e. The summed E-state index contributed by atoms with van der Waals surface area (Å²) in [6.07, 6.45) is 10.6. The molecule has 156 valence electrons. The van der Waals surface area contributed by atoms with E-state index in [1.807, 2.05) is 0 Å². The summed E-state index contributed by atoms with van der Waals surface area (Å²) in [6.45, 7) is 4.58. The summed E-state index contributed by atoms with van der Waals surface area (Å²) in [5.41, 5.74) is 8.32. The Morgan fingerprint density at radius 3 is 2.03 bits per heavy atom. The maximum Gasteiger partial charge on any atom is -0.0103 e. The minimum atomic E-state index is 0.757. The zero-order valence-electron chi connectivity index (χ0n) is 18.7. The minimum absolute atomic E-state index is 0.757. The van der Waals surface area contributed by atoms with Gasteiger partial charge in [-0.2, -0.15) is 0 Å². The fourth-order valence-corrected chi connectivity index (χ4v) is 5.27. The van der Waals surface area contributed by atoms with Crippen LogP contribution in [-0.4, -0.2) is 0 Å². The number of hydrogen-bond donors (Lipinski definition) is 0. The van der Waals surface area contributed by atoms with Crippen LogP contribution in [0.4, 0.5) is 0 Å². The van der Waals surface area contributed by atoms with Crippen molar-refractivity contribution in [3.8, 4) is 22.3 Å². The van der Waals surface area contributed by atoms with Gasteiger partial charge in [-0.15, -0.1) is 0 Å². The second-order valence-corrected chi connectivity index (χ2v) is 9.12. The van der Waals surface area contributed by atoms with Crippen LogP contribution in [0.2, 0.25) is 0 Å². The normalized spacial score (nSPS) is 19.0. The van der Waals surface area contributed by atoms with Crippen LogP contribution in [0.5, 0.6) is 0 Å². The maximum absolute atomic E-state index is 2.41. The van der Waals surface area contributed by atoms with Gasteiger partial charge in [0.1, 0.15) is 0 Å². The quantitative estimate of drug-likeness (QED) is 0.373. The molecule has 0 aromatic heterocycles. The van der Waals surface area contributed by atoms with Crippen LogP contribution in [-0.2, 0) is 6.42 Å². The lowest BCUT2D eigenvalue weighted by Crippen LogP contribution is -2.13. The van der Waals surface area contributed by atoms with Crippen LogP contribution in [0.3, 0.4) is 0 Å². The van der Waals surface area contributed by atoms with Gasteiger partial charge in [0.25, 0.3) is 0 Å². The second-order valence-electron chi connectivity index (χ2n) is 9.12. The number of benzene rings is 3. The van der Waals surface area contributed by atoms with E-state index in [4.69, 9.17) is 0 Å². The van der Waals surface area contributed by atoms with Crippen molar-refractivity contribution in [2.75, 3.05) is 0 Å². The Morgan fingerprint density at radius 1 is 0.667 bits per heavy atom. The van der Waals surface area contributed by atoms with Gasteiger partial charge in [-0.3, -0.25) is 0 Å². The Morgan fingerprint density at radius 2 is 1.37 bits per heavy atom. The summed E-state index contributed by atoms with van der Waals surface area (Å²) in [6, 6.07) is 27.4. The number of hydrogen-bond acceptors (Lipinski definition) is 0. The molecule has 0 atom stereocenters. The van der Waals surface area contributed by atoms with Crippen molar-refractivity contribution < 1.29 is 0 Å². The lowest BCUT2D eigenvalue weighted by molar-refractivity contribution is 0.308. The molecule has 0 amide bonds. The molecule has 0 heterocycles. The van der Waals surface area contributed by atoms with E-state index in [0.717, 1.165) is 18.3 Å². The molecule has 4 rings (SSSR count). The highest BCUT2D eigenvalue weighted by Crippen LogP contribution is 2.39. The molecule has 30 heavy (non-hydrogen) atoms. The molecular formula is C30H36. The summed E-state index contributed by atoms with van der Waals surface area (Å²) < 4.78 is 0. The summed E-state index contributed by atoms with van der Waals surface area (Å²) >= 11 is 0. The van der Waals surface area contributed by atoms with Gasteiger partial charge in [0, 0.05) is 0 Å². The fourth-order valence-electron chi connectivity index (χ4n) is 5.27. The fraction of sp³-hybridized carbons (Fsp3) is 0.400. The Kier molecular flexibility index (Phi) is 7.05. The van der Waals surface area contributed by atoms with Crippen LogP contribution >= 0.6 is 0 Å². The van der Waals surface area contributed by atoms with Crippen molar-refractivity contribution in [2.45, 2.75) is 71.1 Å². The maximum atomic E-state index is 2.41. The lowest BCUT2D eigenvalue weighted by Gasteiger charge is -2.28. The van der Waals surface area contributed by atoms with Gasteiger partial charge in [0.2, 0.25) is 0 Å². The van der Waals surface area contributed by atoms with E-state index in [-0.39, 0.29) is 0 Å². The van der Waals surface area contributed by atoms with E-state index in [1.165, 1.54) is 72.8 Å². The third-order valence-corrected chi connectivity index (χ3v) is 6.94. The molecule has 0 saturated heterocycles.